The normalized spacial score (nSPS) is 10.9. The van der Waals surface area contributed by atoms with Crippen LogP contribution in [0.25, 0.3) is 0 Å². The first kappa shape index (κ1) is 13.7. The van der Waals surface area contributed by atoms with Gasteiger partial charge in [0.25, 0.3) is 0 Å². The Hall–Kier alpha value is -1.36. The molecule has 1 amide bonds. The highest BCUT2D eigenvalue weighted by molar-refractivity contribution is 5.91. The number of nitrogens with zero attached hydrogens (tertiary/aromatic N) is 2. The van der Waals surface area contributed by atoms with E-state index in [1.165, 1.54) is 0 Å². The predicted octanol–water partition coefficient (Wildman–Crippen LogP) is 1.61. The molecule has 0 aliphatic heterocycles. The van der Waals surface area contributed by atoms with Crippen LogP contribution in [0.4, 0.5) is 5.69 Å². The first-order valence-electron chi connectivity index (χ1n) is 6.08. The summed E-state index contributed by atoms with van der Waals surface area (Å²) in [5, 5.41) is 7.25. The van der Waals surface area contributed by atoms with Crippen molar-refractivity contribution in [1.82, 2.24) is 9.78 Å². The SMILES string of the molecule is CC(C)c1nn(C)cc1NC(=O)CCCCN. The lowest BCUT2D eigenvalue weighted by Crippen LogP contribution is -2.13. The molecular weight excluding hydrogens is 216 g/mol. The summed E-state index contributed by atoms with van der Waals surface area (Å²) < 4.78 is 1.73. The van der Waals surface area contributed by atoms with Crippen molar-refractivity contribution in [2.45, 2.75) is 39.0 Å². The fourth-order valence-electron chi connectivity index (χ4n) is 1.67. The van der Waals surface area contributed by atoms with Gasteiger partial charge in [-0.1, -0.05) is 13.8 Å². The van der Waals surface area contributed by atoms with Crippen molar-refractivity contribution in [3.63, 3.8) is 0 Å². The molecule has 0 aromatic carbocycles. The van der Waals surface area contributed by atoms with Crippen molar-refractivity contribution >= 4 is 11.6 Å². The summed E-state index contributed by atoms with van der Waals surface area (Å²) in [6.07, 6.45) is 4.08. The molecule has 17 heavy (non-hydrogen) atoms. The molecule has 0 saturated heterocycles. The van der Waals surface area contributed by atoms with Gasteiger partial charge in [-0.15, -0.1) is 0 Å². The minimum absolute atomic E-state index is 0.0355. The van der Waals surface area contributed by atoms with Crippen molar-refractivity contribution in [3.05, 3.63) is 11.9 Å². The molecule has 0 unspecified atom stereocenters. The average Bonchev–Trinajstić information content (AvgIpc) is 2.60. The molecule has 0 aliphatic rings. The zero-order valence-electron chi connectivity index (χ0n) is 10.9. The standard InChI is InChI=1S/C12H22N4O/c1-9(2)12-10(8-16(3)15-12)14-11(17)6-4-5-7-13/h8-9H,4-7,13H2,1-3H3,(H,14,17). The van der Waals surface area contributed by atoms with Gasteiger partial charge in [-0.3, -0.25) is 9.48 Å². The van der Waals surface area contributed by atoms with Crippen LogP contribution >= 0.6 is 0 Å². The summed E-state index contributed by atoms with van der Waals surface area (Å²) in [5.74, 6) is 0.337. The fraction of sp³-hybridized carbons (Fsp3) is 0.667. The van der Waals surface area contributed by atoms with Gasteiger partial charge in [0.1, 0.15) is 0 Å². The molecule has 0 saturated carbocycles. The van der Waals surface area contributed by atoms with E-state index in [0.717, 1.165) is 24.2 Å². The maximum atomic E-state index is 11.7. The van der Waals surface area contributed by atoms with Crippen LogP contribution in [-0.2, 0) is 11.8 Å². The highest BCUT2D eigenvalue weighted by Gasteiger charge is 2.13. The summed E-state index contributed by atoms with van der Waals surface area (Å²) >= 11 is 0. The van der Waals surface area contributed by atoms with Crippen molar-refractivity contribution in [2.75, 3.05) is 11.9 Å². The molecule has 96 valence electrons. The molecule has 1 aromatic rings. The van der Waals surface area contributed by atoms with Crippen LogP contribution in [0, 0.1) is 0 Å². The van der Waals surface area contributed by atoms with Crippen molar-refractivity contribution < 1.29 is 4.79 Å². The Labute approximate surface area is 102 Å². The second-order valence-corrected chi connectivity index (χ2v) is 4.55. The lowest BCUT2D eigenvalue weighted by atomic mass is 10.1. The Kier molecular flexibility index (Phi) is 5.15. The van der Waals surface area contributed by atoms with Crippen LogP contribution in [0.5, 0.6) is 0 Å². The van der Waals surface area contributed by atoms with Gasteiger partial charge in [0.05, 0.1) is 11.4 Å². The van der Waals surface area contributed by atoms with Gasteiger partial charge in [0, 0.05) is 19.7 Å². The summed E-state index contributed by atoms with van der Waals surface area (Å²) in [5.41, 5.74) is 7.14. The molecule has 0 bridgehead atoms. The topological polar surface area (TPSA) is 72.9 Å². The van der Waals surface area contributed by atoms with Gasteiger partial charge in [0.15, 0.2) is 0 Å². The fourth-order valence-corrected chi connectivity index (χ4v) is 1.67. The zero-order chi connectivity index (χ0) is 12.8. The van der Waals surface area contributed by atoms with Crippen LogP contribution in [0.3, 0.4) is 0 Å². The maximum absolute atomic E-state index is 11.7. The number of amides is 1. The van der Waals surface area contributed by atoms with E-state index in [9.17, 15) is 4.79 Å². The number of nitrogens with two attached hydrogens (primary N) is 1. The number of aromatic nitrogens is 2. The summed E-state index contributed by atoms with van der Waals surface area (Å²) in [6, 6.07) is 0. The van der Waals surface area contributed by atoms with Crippen LogP contribution in [0.15, 0.2) is 6.20 Å². The number of hydrogen-bond acceptors (Lipinski definition) is 3. The highest BCUT2D eigenvalue weighted by Crippen LogP contribution is 2.22. The van der Waals surface area contributed by atoms with E-state index in [4.69, 9.17) is 5.73 Å². The van der Waals surface area contributed by atoms with E-state index in [0.29, 0.717) is 18.9 Å². The summed E-state index contributed by atoms with van der Waals surface area (Å²) in [6.45, 7) is 4.76. The Bertz CT molecular complexity index is 371. The average molecular weight is 238 g/mol. The van der Waals surface area contributed by atoms with Crippen LogP contribution in [-0.4, -0.2) is 22.2 Å². The smallest absolute Gasteiger partial charge is 0.224 e. The van der Waals surface area contributed by atoms with Gasteiger partial charge in [-0.05, 0) is 25.3 Å². The first-order chi connectivity index (χ1) is 8.04. The third kappa shape index (κ3) is 4.19. The second kappa shape index (κ2) is 6.39. The Balaban J connectivity index is 2.58. The number of carbonyl (C=O) groups is 1. The largest absolute Gasteiger partial charge is 0.330 e. The third-order valence-corrected chi connectivity index (χ3v) is 2.54. The Morgan fingerprint density at radius 3 is 2.82 bits per heavy atom. The van der Waals surface area contributed by atoms with E-state index in [2.05, 4.69) is 24.3 Å². The molecular formula is C12H22N4O. The second-order valence-electron chi connectivity index (χ2n) is 4.55. The van der Waals surface area contributed by atoms with Crippen molar-refractivity contribution in [1.29, 1.82) is 0 Å². The number of carbonyl (C=O) groups excluding carboxylic acids is 1. The molecule has 1 rings (SSSR count). The third-order valence-electron chi connectivity index (χ3n) is 2.54. The van der Waals surface area contributed by atoms with Crippen molar-refractivity contribution in [2.24, 2.45) is 12.8 Å². The maximum Gasteiger partial charge on any atom is 0.224 e. The molecule has 0 aliphatic carbocycles. The molecule has 5 heteroatoms. The lowest BCUT2D eigenvalue weighted by Gasteiger charge is -2.06. The molecule has 1 aromatic heterocycles. The van der Waals surface area contributed by atoms with E-state index in [-0.39, 0.29) is 5.91 Å². The highest BCUT2D eigenvalue weighted by atomic mass is 16.1. The number of nitrogens with one attached hydrogen (secondary N) is 1. The molecule has 0 spiro atoms. The molecule has 5 nitrogen and oxygen atoms in total. The number of hydrogen-bond donors (Lipinski definition) is 2. The zero-order valence-corrected chi connectivity index (χ0v) is 10.9. The minimum Gasteiger partial charge on any atom is -0.330 e. The van der Waals surface area contributed by atoms with Gasteiger partial charge in [-0.2, -0.15) is 5.10 Å². The molecule has 0 fully saturated rings. The first-order valence-corrected chi connectivity index (χ1v) is 6.08. The summed E-state index contributed by atoms with van der Waals surface area (Å²) in [4.78, 5) is 11.7. The predicted molar refractivity (Wildman–Crippen MR) is 68.8 cm³/mol. The lowest BCUT2D eigenvalue weighted by molar-refractivity contribution is -0.116. The Morgan fingerprint density at radius 2 is 2.24 bits per heavy atom. The quantitative estimate of drug-likeness (QED) is 0.739. The molecule has 3 N–H and O–H groups in total. The van der Waals surface area contributed by atoms with Gasteiger partial charge in [-0.25, -0.2) is 0 Å². The van der Waals surface area contributed by atoms with Gasteiger partial charge >= 0.3 is 0 Å². The van der Waals surface area contributed by atoms with Crippen LogP contribution in [0.2, 0.25) is 0 Å². The van der Waals surface area contributed by atoms with E-state index >= 15 is 0 Å². The minimum atomic E-state index is 0.0355. The van der Waals surface area contributed by atoms with Crippen molar-refractivity contribution in [3.8, 4) is 0 Å². The van der Waals surface area contributed by atoms with Crippen LogP contribution in [0.1, 0.15) is 44.7 Å². The number of anilines is 1. The molecule has 0 atom stereocenters. The van der Waals surface area contributed by atoms with Crippen LogP contribution < -0.4 is 11.1 Å². The van der Waals surface area contributed by atoms with E-state index in [1.54, 1.807) is 4.68 Å². The molecule has 0 radical (unpaired) electrons. The van der Waals surface area contributed by atoms with E-state index < -0.39 is 0 Å². The molecule has 1 heterocycles. The number of aryl methyl sites for hydroxylation is 1. The summed E-state index contributed by atoms with van der Waals surface area (Å²) in [7, 11) is 1.86. The van der Waals surface area contributed by atoms with Gasteiger partial charge < -0.3 is 11.1 Å². The van der Waals surface area contributed by atoms with E-state index in [1.807, 2.05) is 13.2 Å². The number of rotatable bonds is 6. The monoisotopic (exact) mass is 238 g/mol. The Morgan fingerprint density at radius 1 is 1.53 bits per heavy atom. The van der Waals surface area contributed by atoms with Gasteiger partial charge in [0.2, 0.25) is 5.91 Å². The number of unbranched alkanes of at least 4 members (excludes halogenated alkanes) is 1.